The average molecular weight is 308 g/mol. The van der Waals surface area contributed by atoms with E-state index in [2.05, 4.69) is 10.6 Å². The van der Waals surface area contributed by atoms with E-state index in [1.165, 1.54) is 6.07 Å². The van der Waals surface area contributed by atoms with Gasteiger partial charge in [0.15, 0.2) is 16.7 Å². The summed E-state index contributed by atoms with van der Waals surface area (Å²) < 4.78 is 31.0. The van der Waals surface area contributed by atoms with Crippen LogP contribution in [0.1, 0.15) is 5.56 Å². The highest BCUT2D eigenvalue weighted by molar-refractivity contribution is 7.80. The van der Waals surface area contributed by atoms with Crippen LogP contribution in [0.5, 0.6) is 5.75 Å². The van der Waals surface area contributed by atoms with Gasteiger partial charge in [-0.15, -0.1) is 0 Å². The van der Waals surface area contributed by atoms with Gasteiger partial charge in [-0.1, -0.05) is 12.1 Å². The lowest BCUT2D eigenvalue weighted by atomic mass is 10.2. The summed E-state index contributed by atoms with van der Waals surface area (Å²) in [6, 6.07) is 11.0. The van der Waals surface area contributed by atoms with Crippen LogP contribution in [0.4, 0.5) is 14.5 Å². The van der Waals surface area contributed by atoms with Crippen LogP contribution in [0.2, 0.25) is 0 Å². The topological polar surface area (TPSA) is 33.3 Å². The Morgan fingerprint density at radius 2 is 1.95 bits per heavy atom. The fraction of sp³-hybridized carbons (Fsp3) is 0.133. The molecule has 0 aliphatic heterocycles. The maximum Gasteiger partial charge on any atom is 0.171 e. The molecule has 0 unspecified atom stereocenters. The second-order valence-corrected chi connectivity index (χ2v) is 4.70. The number of benzene rings is 2. The molecule has 0 atom stereocenters. The Hall–Kier alpha value is -2.21. The number of rotatable bonds is 4. The van der Waals surface area contributed by atoms with E-state index in [-0.39, 0.29) is 0 Å². The van der Waals surface area contributed by atoms with Crippen molar-refractivity contribution in [1.82, 2.24) is 5.32 Å². The summed E-state index contributed by atoms with van der Waals surface area (Å²) in [6.45, 7) is 0.299. The molecule has 0 heterocycles. The van der Waals surface area contributed by atoms with Crippen LogP contribution in [0.25, 0.3) is 0 Å². The second kappa shape index (κ2) is 6.99. The standard InChI is InChI=1S/C15H14F2N2OS/c1-20-12-4-2-3-11(8-12)19-15(21)18-9-10-5-6-13(16)14(17)7-10/h2-8H,9H2,1H3,(H2,18,19,21). The Bertz CT molecular complexity index is 649. The molecular weight excluding hydrogens is 294 g/mol. The monoisotopic (exact) mass is 308 g/mol. The predicted molar refractivity (Wildman–Crippen MR) is 82.4 cm³/mol. The molecule has 3 nitrogen and oxygen atoms in total. The summed E-state index contributed by atoms with van der Waals surface area (Å²) >= 11 is 5.14. The molecule has 2 rings (SSSR count). The van der Waals surface area contributed by atoms with E-state index in [9.17, 15) is 8.78 Å². The van der Waals surface area contributed by atoms with Crippen LogP contribution in [-0.2, 0) is 6.54 Å². The van der Waals surface area contributed by atoms with Crippen LogP contribution in [0.3, 0.4) is 0 Å². The fourth-order valence-corrected chi connectivity index (χ4v) is 1.90. The quantitative estimate of drug-likeness (QED) is 0.848. The molecule has 0 aromatic heterocycles. The third-order valence-corrected chi connectivity index (χ3v) is 3.01. The van der Waals surface area contributed by atoms with E-state index in [0.717, 1.165) is 17.8 Å². The Balaban J connectivity index is 1.90. The maximum atomic E-state index is 13.1. The van der Waals surface area contributed by atoms with Crippen molar-refractivity contribution >= 4 is 23.0 Å². The van der Waals surface area contributed by atoms with Gasteiger partial charge in [-0.05, 0) is 42.0 Å². The Morgan fingerprint density at radius 3 is 2.67 bits per heavy atom. The van der Waals surface area contributed by atoms with Gasteiger partial charge in [0.05, 0.1) is 7.11 Å². The number of anilines is 1. The van der Waals surface area contributed by atoms with Gasteiger partial charge in [0, 0.05) is 18.3 Å². The molecule has 21 heavy (non-hydrogen) atoms. The lowest BCUT2D eigenvalue weighted by Crippen LogP contribution is -2.27. The summed E-state index contributed by atoms with van der Waals surface area (Å²) in [5, 5.41) is 6.29. The van der Waals surface area contributed by atoms with Crippen molar-refractivity contribution in [3.8, 4) is 5.75 Å². The van der Waals surface area contributed by atoms with E-state index in [0.29, 0.717) is 23.0 Å². The van der Waals surface area contributed by atoms with Crippen molar-refractivity contribution in [2.45, 2.75) is 6.54 Å². The van der Waals surface area contributed by atoms with Gasteiger partial charge in [0.1, 0.15) is 5.75 Å². The first-order valence-electron chi connectivity index (χ1n) is 6.21. The van der Waals surface area contributed by atoms with Gasteiger partial charge in [-0.25, -0.2) is 8.78 Å². The van der Waals surface area contributed by atoms with Gasteiger partial charge in [-0.3, -0.25) is 0 Å². The minimum Gasteiger partial charge on any atom is -0.497 e. The average Bonchev–Trinajstić information content (AvgIpc) is 2.48. The first-order valence-corrected chi connectivity index (χ1v) is 6.62. The largest absolute Gasteiger partial charge is 0.497 e. The maximum absolute atomic E-state index is 13.1. The number of methoxy groups -OCH3 is 1. The van der Waals surface area contributed by atoms with E-state index in [1.54, 1.807) is 13.2 Å². The molecule has 0 fully saturated rings. The van der Waals surface area contributed by atoms with Crippen molar-refractivity contribution in [2.75, 3.05) is 12.4 Å². The van der Waals surface area contributed by atoms with Gasteiger partial charge >= 0.3 is 0 Å². The number of nitrogens with one attached hydrogen (secondary N) is 2. The molecule has 0 spiro atoms. The molecule has 0 radical (unpaired) electrons. The highest BCUT2D eigenvalue weighted by atomic mass is 32.1. The highest BCUT2D eigenvalue weighted by Gasteiger charge is 2.03. The van der Waals surface area contributed by atoms with Crippen molar-refractivity contribution in [1.29, 1.82) is 0 Å². The predicted octanol–water partition coefficient (Wildman–Crippen LogP) is 3.46. The zero-order valence-electron chi connectivity index (χ0n) is 11.3. The number of ether oxygens (including phenoxy) is 1. The number of thiocarbonyl (C=S) groups is 1. The molecule has 2 N–H and O–H groups in total. The summed E-state index contributed by atoms with van der Waals surface area (Å²) in [7, 11) is 1.58. The van der Waals surface area contributed by atoms with Crippen molar-refractivity contribution in [3.05, 3.63) is 59.7 Å². The molecule has 0 saturated heterocycles. The van der Waals surface area contributed by atoms with E-state index in [4.69, 9.17) is 17.0 Å². The first-order chi connectivity index (χ1) is 10.1. The van der Waals surface area contributed by atoms with Crippen LogP contribution < -0.4 is 15.4 Å². The molecular formula is C15H14F2N2OS. The Kier molecular flexibility index (Phi) is 5.05. The van der Waals surface area contributed by atoms with Crippen LogP contribution in [0, 0.1) is 11.6 Å². The van der Waals surface area contributed by atoms with E-state index in [1.807, 2.05) is 18.2 Å². The number of hydrogen-bond donors (Lipinski definition) is 2. The van der Waals surface area contributed by atoms with Crippen molar-refractivity contribution < 1.29 is 13.5 Å². The third-order valence-electron chi connectivity index (χ3n) is 2.76. The summed E-state index contributed by atoms with van der Waals surface area (Å²) in [4.78, 5) is 0. The van der Waals surface area contributed by atoms with E-state index < -0.39 is 11.6 Å². The van der Waals surface area contributed by atoms with Crippen LogP contribution in [0.15, 0.2) is 42.5 Å². The molecule has 0 amide bonds. The Morgan fingerprint density at radius 1 is 1.14 bits per heavy atom. The number of halogens is 2. The normalized spacial score (nSPS) is 10.0. The second-order valence-electron chi connectivity index (χ2n) is 4.29. The lowest BCUT2D eigenvalue weighted by Gasteiger charge is -2.11. The molecule has 2 aromatic rings. The van der Waals surface area contributed by atoms with Gasteiger partial charge in [-0.2, -0.15) is 0 Å². The summed E-state index contributed by atoms with van der Waals surface area (Å²) in [5.74, 6) is -1.03. The molecule has 6 heteroatoms. The van der Waals surface area contributed by atoms with Crippen molar-refractivity contribution in [2.24, 2.45) is 0 Å². The SMILES string of the molecule is COc1cccc(NC(=S)NCc2ccc(F)c(F)c2)c1. The smallest absolute Gasteiger partial charge is 0.171 e. The molecule has 0 aliphatic carbocycles. The molecule has 0 saturated carbocycles. The van der Waals surface area contributed by atoms with Gasteiger partial charge in [0.2, 0.25) is 0 Å². The zero-order valence-corrected chi connectivity index (χ0v) is 12.1. The summed E-state index contributed by atoms with van der Waals surface area (Å²) in [5.41, 5.74) is 1.38. The van der Waals surface area contributed by atoms with Crippen LogP contribution in [-0.4, -0.2) is 12.2 Å². The van der Waals surface area contributed by atoms with E-state index >= 15 is 0 Å². The summed E-state index contributed by atoms with van der Waals surface area (Å²) in [6.07, 6.45) is 0. The molecule has 2 aromatic carbocycles. The molecule has 110 valence electrons. The minimum atomic E-state index is -0.874. The highest BCUT2D eigenvalue weighted by Crippen LogP contribution is 2.16. The Labute approximate surface area is 126 Å². The van der Waals surface area contributed by atoms with Crippen LogP contribution >= 0.6 is 12.2 Å². The fourth-order valence-electron chi connectivity index (χ4n) is 1.71. The van der Waals surface area contributed by atoms with Gasteiger partial charge < -0.3 is 15.4 Å². The van der Waals surface area contributed by atoms with Gasteiger partial charge in [0.25, 0.3) is 0 Å². The number of hydrogen-bond acceptors (Lipinski definition) is 2. The zero-order chi connectivity index (χ0) is 15.2. The van der Waals surface area contributed by atoms with Crippen molar-refractivity contribution in [3.63, 3.8) is 0 Å². The lowest BCUT2D eigenvalue weighted by molar-refractivity contribution is 0.415. The molecule has 0 bridgehead atoms. The molecule has 0 aliphatic rings. The first kappa shape index (κ1) is 15.2. The minimum absolute atomic E-state index is 0.299. The third kappa shape index (κ3) is 4.39.